The maximum atomic E-state index is 13.4. The van der Waals surface area contributed by atoms with Crippen molar-refractivity contribution in [2.45, 2.75) is 50.3 Å². The number of aromatic amines is 1. The molecule has 3 heterocycles. The van der Waals surface area contributed by atoms with Crippen molar-refractivity contribution in [1.82, 2.24) is 10.4 Å². The summed E-state index contributed by atoms with van der Waals surface area (Å²) >= 11 is 0. The van der Waals surface area contributed by atoms with E-state index in [0.29, 0.717) is 0 Å². The van der Waals surface area contributed by atoms with Crippen molar-refractivity contribution < 1.29 is 13.2 Å². The van der Waals surface area contributed by atoms with E-state index >= 15 is 0 Å². The highest BCUT2D eigenvalue weighted by atomic mass is 32.2. The quantitative estimate of drug-likeness (QED) is 0.566. The van der Waals surface area contributed by atoms with Gasteiger partial charge in [0.25, 0.3) is 0 Å². The van der Waals surface area contributed by atoms with E-state index < -0.39 is 15.3 Å². The largest absolute Gasteiger partial charge is 0.353 e. The summed E-state index contributed by atoms with van der Waals surface area (Å²) in [5.74, 6) is -0.211. The molecule has 1 aromatic heterocycles. The highest BCUT2D eigenvalue weighted by Crippen LogP contribution is 2.44. The molecule has 0 unspecified atom stereocenters. The van der Waals surface area contributed by atoms with E-state index in [-0.39, 0.29) is 23.1 Å². The third-order valence-corrected chi connectivity index (χ3v) is 8.77. The highest BCUT2D eigenvalue weighted by Gasteiger charge is 2.44. The molecule has 0 saturated heterocycles. The molecule has 0 saturated carbocycles. The summed E-state index contributed by atoms with van der Waals surface area (Å²) < 4.78 is 25.8. The van der Waals surface area contributed by atoms with Crippen molar-refractivity contribution in [3.05, 3.63) is 71.1 Å². The number of anilines is 1. The fourth-order valence-electron chi connectivity index (χ4n) is 5.02. The van der Waals surface area contributed by atoms with Crippen LogP contribution in [-0.2, 0) is 26.5 Å². The number of hydrazone groups is 1. The van der Waals surface area contributed by atoms with E-state index in [9.17, 15) is 13.2 Å². The predicted molar refractivity (Wildman–Crippen MR) is 140 cm³/mol. The molecule has 1 amide bonds. The van der Waals surface area contributed by atoms with Gasteiger partial charge in [0.05, 0.1) is 28.0 Å². The number of aryl methyl sites for hydroxylation is 1. The van der Waals surface area contributed by atoms with Crippen molar-refractivity contribution >= 4 is 38.5 Å². The Bertz CT molecular complexity index is 1470. The van der Waals surface area contributed by atoms with E-state index in [1.165, 1.54) is 5.57 Å². The molecule has 2 aliphatic rings. The van der Waals surface area contributed by atoms with Crippen LogP contribution in [0, 0.1) is 0 Å². The lowest BCUT2D eigenvalue weighted by atomic mass is 9.85. The number of sulfone groups is 1. The monoisotopic (exact) mass is 490 g/mol. The first-order valence-corrected chi connectivity index (χ1v) is 13.6. The first-order chi connectivity index (χ1) is 16.7. The predicted octanol–water partition coefficient (Wildman–Crippen LogP) is 4.43. The van der Waals surface area contributed by atoms with Crippen molar-refractivity contribution in [1.29, 1.82) is 0 Å². The Morgan fingerprint density at radius 2 is 1.89 bits per heavy atom. The van der Waals surface area contributed by atoms with Crippen molar-refractivity contribution in [2.75, 3.05) is 17.2 Å². The fraction of sp³-hybridized carbons (Fsp3) is 0.333. The molecule has 8 heteroatoms. The van der Waals surface area contributed by atoms with E-state index in [2.05, 4.69) is 28.5 Å². The second-order valence-corrected chi connectivity index (χ2v) is 12.0. The molecular weight excluding hydrogens is 460 g/mol. The molecule has 182 valence electrons. The van der Waals surface area contributed by atoms with Gasteiger partial charge < -0.3 is 9.88 Å². The molecule has 7 nitrogen and oxygen atoms in total. The number of H-pyrrole nitrogens is 1. The lowest BCUT2D eigenvalue weighted by Gasteiger charge is -2.20. The van der Waals surface area contributed by atoms with Crippen LogP contribution in [0.15, 0.2) is 64.2 Å². The van der Waals surface area contributed by atoms with Gasteiger partial charge in [-0.05, 0) is 75.4 Å². The van der Waals surface area contributed by atoms with Gasteiger partial charge in [0, 0.05) is 29.3 Å². The van der Waals surface area contributed by atoms with Crippen LogP contribution in [-0.4, -0.2) is 37.8 Å². The number of carbonyl (C=O) groups excluding carboxylic acids is 1. The number of carbonyl (C=O) groups is 1. The summed E-state index contributed by atoms with van der Waals surface area (Å²) in [5.41, 5.74) is 8.25. The molecule has 0 radical (unpaired) electrons. The Labute approximate surface area is 205 Å². The Kier molecular flexibility index (Phi) is 5.79. The Morgan fingerprint density at radius 3 is 2.66 bits per heavy atom. The summed E-state index contributed by atoms with van der Waals surface area (Å²) in [6.07, 6.45) is 6.57. The molecule has 0 bridgehead atoms. The van der Waals surface area contributed by atoms with Crippen molar-refractivity contribution in [2.24, 2.45) is 5.10 Å². The molecule has 35 heavy (non-hydrogen) atoms. The molecule has 2 N–H and O–H groups in total. The summed E-state index contributed by atoms with van der Waals surface area (Å²) in [7, 11) is -3.51. The van der Waals surface area contributed by atoms with Crippen LogP contribution in [0.2, 0.25) is 0 Å². The second kappa shape index (κ2) is 8.68. The first-order valence-electron chi connectivity index (χ1n) is 11.9. The number of nitrogens with one attached hydrogen (secondary N) is 2. The number of nitrogens with zero attached hydrogens (tertiary/aromatic N) is 2. The molecule has 2 aliphatic heterocycles. The van der Waals surface area contributed by atoms with Gasteiger partial charge in [-0.25, -0.2) is 8.42 Å². The third-order valence-electron chi connectivity index (χ3n) is 7.06. The number of allylic oxidation sites excluding steroid dienone is 1. The van der Waals surface area contributed by atoms with Crippen LogP contribution in [0.3, 0.4) is 0 Å². The number of hydrogen-bond acceptors (Lipinski definition) is 5. The van der Waals surface area contributed by atoms with Crippen molar-refractivity contribution in [3.63, 3.8) is 0 Å². The molecule has 2 aromatic carbocycles. The number of aromatic nitrogens is 1. The van der Waals surface area contributed by atoms with E-state index in [1.807, 2.05) is 26.1 Å². The lowest BCUT2D eigenvalue weighted by Crippen LogP contribution is -2.38. The summed E-state index contributed by atoms with van der Waals surface area (Å²) in [4.78, 5) is 18.8. The average Bonchev–Trinajstić information content (AvgIpc) is 3.26. The molecule has 0 aliphatic carbocycles. The van der Waals surface area contributed by atoms with Gasteiger partial charge >= 0.3 is 0 Å². The topological polar surface area (TPSA) is 94.6 Å². The fourth-order valence-corrected chi connectivity index (χ4v) is 6.25. The molecule has 3 aromatic rings. The van der Waals surface area contributed by atoms with Gasteiger partial charge in [-0.1, -0.05) is 23.8 Å². The van der Waals surface area contributed by atoms with Gasteiger partial charge in [0.15, 0.2) is 9.84 Å². The van der Waals surface area contributed by atoms with Crippen LogP contribution >= 0.6 is 0 Å². The van der Waals surface area contributed by atoms with Crippen LogP contribution in [0.5, 0.6) is 0 Å². The Morgan fingerprint density at radius 1 is 1.11 bits per heavy atom. The number of benzene rings is 2. The number of hydrogen-bond donors (Lipinski definition) is 2. The molecular formula is C27H30N4O3S. The minimum absolute atomic E-state index is 0.0777. The molecule has 0 fully saturated rings. The van der Waals surface area contributed by atoms with E-state index in [1.54, 1.807) is 41.4 Å². The van der Waals surface area contributed by atoms with Crippen LogP contribution in [0.1, 0.15) is 50.4 Å². The van der Waals surface area contributed by atoms with E-state index in [0.717, 1.165) is 52.7 Å². The summed E-state index contributed by atoms with van der Waals surface area (Å²) in [6, 6.07) is 12.5. The van der Waals surface area contributed by atoms with Gasteiger partial charge in [-0.3, -0.25) is 10.2 Å². The van der Waals surface area contributed by atoms with Gasteiger partial charge in [-0.2, -0.15) is 5.10 Å². The summed E-state index contributed by atoms with van der Waals surface area (Å²) in [6.45, 7) is 6.00. The van der Waals surface area contributed by atoms with Gasteiger partial charge in [0.1, 0.15) is 0 Å². The molecule has 0 spiro atoms. The maximum Gasteiger partial charge on any atom is 0.237 e. The number of rotatable bonds is 4. The minimum atomic E-state index is -3.51. The highest BCUT2D eigenvalue weighted by molar-refractivity contribution is 7.91. The zero-order valence-electron chi connectivity index (χ0n) is 20.3. The minimum Gasteiger partial charge on any atom is -0.353 e. The standard InChI is InChI=1S/C27H30N4O3S/c1-18-8-7-11-20-21-14-25-22(15-23(21)30-24(20)17-29-28-16-18)27(2,3)26(32)31(25)12-13-35(33,34)19-9-5-4-6-10-19/h4-6,9-10,14-17,28,30H,7-8,11-13H2,1-3H3/b18-16+,29-17+. The Balaban J connectivity index is 1.53. The smallest absolute Gasteiger partial charge is 0.237 e. The zero-order chi connectivity index (χ0) is 24.8. The third kappa shape index (κ3) is 4.16. The van der Waals surface area contributed by atoms with Gasteiger partial charge in [0.2, 0.25) is 5.91 Å². The number of fused-ring (bicyclic) bond motifs is 4. The lowest BCUT2D eigenvalue weighted by molar-refractivity contribution is -0.122. The Hall–Kier alpha value is -3.39. The van der Waals surface area contributed by atoms with Gasteiger partial charge in [-0.15, -0.1) is 0 Å². The average molecular weight is 491 g/mol. The summed E-state index contributed by atoms with van der Waals surface area (Å²) in [5, 5.41) is 5.38. The molecule has 5 rings (SSSR count). The molecule has 0 atom stereocenters. The SMILES string of the molecule is C/C1=C\N/N=C/c2[nH]c3cc4c(cc3c2CCC1)N(CCS(=O)(=O)c1ccccc1)C(=O)C4(C)C. The van der Waals surface area contributed by atoms with Crippen LogP contribution < -0.4 is 10.3 Å². The maximum absolute atomic E-state index is 13.4. The zero-order valence-corrected chi connectivity index (χ0v) is 21.1. The van der Waals surface area contributed by atoms with Crippen LogP contribution in [0.4, 0.5) is 5.69 Å². The number of amides is 1. The van der Waals surface area contributed by atoms with E-state index in [4.69, 9.17) is 0 Å². The van der Waals surface area contributed by atoms with Crippen LogP contribution in [0.25, 0.3) is 10.9 Å². The van der Waals surface area contributed by atoms with Crippen molar-refractivity contribution in [3.8, 4) is 0 Å². The normalized spacial score (nSPS) is 20.0. The second-order valence-electron chi connectivity index (χ2n) is 9.88. The first kappa shape index (κ1) is 23.4.